The molecule has 6 heteroatoms. The Bertz CT molecular complexity index is 427. The van der Waals surface area contributed by atoms with Crippen LogP contribution in [0.2, 0.25) is 0 Å². The number of hydrogen-bond donors (Lipinski definition) is 1. The molecule has 0 radical (unpaired) electrons. The molecule has 19 heavy (non-hydrogen) atoms. The van der Waals surface area contributed by atoms with Gasteiger partial charge in [0.05, 0.1) is 10.2 Å². The van der Waals surface area contributed by atoms with Crippen molar-refractivity contribution in [3.05, 3.63) is 15.6 Å². The van der Waals surface area contributed by atoms with E-state index in [1.807, 2.05) is 6.20 Å². The predicted octanol–water partition coefficient (Wildman–Crippen LogP) is 2.29. The van der Waals surface area contributed by atoms with Crippen molar-refractivity contribution >= 4 is 28.4 Å². The Morgan fingerprint density at radius 3 is 3.05 bits per heavy atom. The second kappa shape index (κ2) is 6.81. The van der Waals surface area contributed by atoms with Crippen molar-refractivity contribution < 1.29 is 4.74 Å². The summed E-state index contributed by atoms with van der Waals surface area (Å²) in [6, 6.07) is 0.531. The fraction of sp³-hybridized carbons (Fsp3) is 0.692. The van der Waals surface area contributed by atoms with Crippen LogP contribution in [0.3, 0.4) is 0 Å². The highest BCUT2D eigenvalue weighted by Gasteiger charge is 2.26. The second-order valence-corrected chi connectivity index (χ2v) is 6.07. The van der Waals surface area contributed by atoms with Gasteiger partial charge in [-0.2, -0.15) is 0 Å². The van der Waals surface area contributed by atoms with Crippen LogP contribution in [0, 0.1) is 3.57 Å². The minimum atomic E-state index is -0.0226. The number of halogens is 1. The molecule has 2 heterocycles. The fourth-order valence-corrected chi connectivity index (χ4v) is 2.57. The monoisotopic (exact) mass is 376 g/mol. The van der Waals surface area contributed by atoms with Crippen LogP contribution in [0.15, 0.2) is 6.20 Å². The summed E-state index contributed by atoms with van der Waals surface area (Å²) in [5.41, 5.74) is 0. The lowest BCUT2D eigenvalue weighted by molar-refractivity contribution is -0.0442. The van der Waals surface area contributed by atoms with Gasteiger partial charge < -0.3 is 10.1 Å². The van der Waals surface area contributed by atoms with Crippen molar-refractivity contribution in [1.29, 1.82) is 0 Å². The molecule has 1 atom stereocenters. The standard InChI is InChI=1S/C13H21IN4O/c1-4-15-12-10(14)7-16-13(17-12)11-8-18(9(2)3)5-6-19-11/h7,9,11H,4-6,8H2,1-3H3,(H,15,16,17). The van der Waals surface area contributed by atoms with E-state index >= 15 is 0 Å². The zero-order valence-electron chi connectivity index (χ0n) is 11.7. The van der Waals surface area contributed by atoms with E-state index in [4.69, 9.17) is 4.74 Å². The van der Waals surface area contributed by atoms with Gasteiger partial charge in [-0.05, 0) is 43.4 Å². The summed E-state index contributed by atoms with van der Waals surface area (Å²) in [6.07, 6.45) is 1.84. The number of nitrogens with one attached hydrogen (secondary N) is 1. The minimum absolute atomic E-state index is 0.0226. The molecule has 1 N–H and O–H groups in total. The number of anilines is 1. The topological polar surface area (TPSA) is 50.3 Å². The molecular formula is C13H21IN4O. The zero-order chi connectivity index (χ0) is 13.8. The maximum absolute atomic E-state index is 5.82. The van der Waals surface area contributed by atoms with Crippen LogP contribution in [0.25, 0.3) is 0 Å². The fourth-order valence-electron chi connectivity index (χ4n) is 2.12. The highest BCUT2D eigenvalue weighted by atomic mass is 127. The number of hydrogen-bond acceptors (Lipinski definition) is 5. The summed E-state index contributed by atoms with van der Waals surface area (Å²) in [4.78, 5) is 11.4. The van der Waals surface area contributed by atoms with Crippen molar-refractivity contribution in [1.82, 2.24) is 14.9 Å². The van der Waals surface area contributed by atoms with E-state index in [2.05, 4.69) is 63.5 Å². The second-order valence-electron chi connectivity index (χ2n) is 4.90. The van der Waals surface area contributed by atoms with Gasteiger partial charge in [-0.1, -0.05) is 0 Å². The third kappa shape index (κ3) is 3.76. The molecule has 1 aromatic heterocycles. The molecular weight excluding hydrogens is 355 g/mol. The van der Waals surface area contributed by atoms with Crippen LogP contribution in [-0.4, -0.2) is 47.2 Å². The van der Waals surface area contributed by atoms with Crippen LogP contribution in [0.5, 0.6) is 0 Å². The van der Waals surface area contributed by atoms with Crippen molar-refractivity contribution in [3.8, 4) is 0 Å². The summed E-state index contributed by atoms with van der Waals surface area (Å²) in [7, 11) is 0. The Labute approximate surface area is 128 Å². The van der Waals surface area contributed by atoms with Crippen molar-refractivity contribution in [3.63, 3.8) is 0 Å². The Kier molecular flexibility index (Phi) is 5.35. The molecule has 2 rings (SSSR count). The van der Waals surface area contributed by atoms with E-state index in [0.717, 1.165) is 41.5 Å². The average Bonchev–Trinajstić information content (AvgIpc) is 2.41. The van der Waals surface area contributed by atoms with E-state index < -0.39 is 0 Å². The Morgan fingerprint density at radius 2 is 2.37 bits per heavy atom. The molecule has 106 valence electrons. The molecule has 1 saturated heterocycles. The molecule has 1 fully saturated rings. The number of aromatic nitrogens is 2. The van der Waals surface area contributed by atoms with Crippen LogP contribution in [-0.2, 0) is 4.74 Å². The first-order valence-electron chi connectivity index (χ1n) is 6.73. The third-order valence-corrected chi connectivity index (χ3v) is 4.01. The Morgan fingerprint density at radius 1 is 1.58 bits per heavy atom. The van der Waals surface area contributed by atoms with Gasteiger partial charge in [0.25, 0.3) is 0 Å². The van der Waals surface area contributed by atoms with Crippen molar-refractivity contribution in [2.75, 3.05) is 31.6 Å². The van der Waals surface area contributed by atoms with E-state index in [1.165, 1.54) is 0 Å². The van der Waals surface area contributed by atoms with E-state index in [0.29, 0.717) is 6.04 Å². The van der Waals surface area contributed by atoms with Crippen LogP contribution >= 0.6 is 22.6 Å². The van der Waals surface area contributed by atoms with Gasteiger partial charge in [-0.25, -0.2) is 9.97 Å². The number of rotatable bonds is 4. The van der Waals surface area contributed by atoms with E-state index in [-0.39, 0.29) is 6.10 Å². The quantitative estimate of drug-likeness (QED) is 0.818. The van der Waals surface area contributed by atoms with Crippen LogP contribution < -0.4 is 5.32 Å². The molecule has 5 nitrogen and oxygen atoms in total. The SMILES string of the molecule is CCNc1nc(C2CN(C(C)C)CCO2)ncc1I. The van der Waals surface area contributed by atoms with E-state index in [1.54, 1.807) is 0 Å². The highest BCUT2D eigenvalue weighted by molar-refractivity contribution is 14.1. The summed E-state index contributed by atoms with van der Waals surface area (Å²) in [6.45, 7) is 9.94. The Balaban J connectivity index is 2.14. The first-order chi connectivity index (χ1) is 9.11. The minimum Gasteiger partial charge on any atom is -0.369 e. The van der Waals surface area contributed by atoms with Crippen LogP contribution in [0.4, 0.5) is 5.82 Å². The lowest BCUT2D eigenvalue weighted by Crippen LogP contribution is -2.42. The van der Waals surface area contributed by atoms with Gasteiger partial charge in [0, 0.05) is 31.9 Å². The largest absolute Gasteiger partial charge is 0.369 e. The van der Waals surface area contributed by atoms with E-state index in [9.17, 15) is 0 Å². The van der Waals surface area contributed by atoms with Gasteiger partial charge in [-0.3, -0.25) is 4.90 Å². The van der Waals surface area contributed by atoms with Gasteiger partial charge in [-0.15, -0.1) is 0 Å². The lowest BCUT2D eigenvalue weighted by Gasteiger charge is -2.34. The summed E-state index contributed by atoms with van der Waals surface area (Å²) in [5.74, 6) is 1.68. The lowest BCUT2D eigenvalue weighted by atomic mass is 10.2. The molecule has 0 aromatic carbocycles. The molecule has 1 unspecified atom stereocenters. The molecule has 1 aromatic rings. The number of morpholine rings is 1. The zero-order valence-corrected chi connectivity index (χ0v) is 13.8. The molecule has 0 bridgehead atoms. The third-order valence-electron chi connectivity index (χ3n) is 3.22. The first-order valence-corrected chi connectivity index (χ1v) is 7.81. The first kappa shape index (κ1) is 14.9. The number of nitrogens with zero attached hydrogens (tertiary/aromatic N) is 3. The van der Waals surface area contributed by atoms with Gasteiger partial charge >= 0.3 is 0 Å². The number of ether oxygens (including phenoxy) is 1. The molecule has 0 amide bonds. The van der Waals surface area contributed by atoms with Gasteiger partial charge in [0.15, 0.2) is 5.82 Å². The maximum atomic E-state index is 5.82. The summed E-state index contributed by atoms with van der Waals surface area (Å²) < 4.78 is 6.86. The normalized spacial score (nSPS) is 20.8. The molecule has 1 aliphatic rings. The maximum Gasteiger partial charge on any atom is 0.160 e. The predicted molar refractivity (Wildman–Crippen MR) is 84.3 cm³/mol. The molecule has 0 spiro atoms. The Hall–Kier alpha value is -0.470. The van der Waals surface area contributed by atoms with Gasteiger partial charge in [0.1, 0.15) is 11.9 Å². The molecule has 0 saturated carbocycles. The smallest absolute Gasteiger partial charge is 0.160 e. The van der Waals surface area contributed by atoms with Crippen LogP contribution in [0.1, 0.15) is 32.7 Å². The molecule has 1 aliphatic heterocycles. The molecule has 0 aliphatic carbocycles. The highest BCUT2D eigenvalue weighted by Crippen LogP contribution is 2.23. The average molecular weight is 376 g/mol. The summed E-state index contributed by atoms with van der Waals surface area (Å²) in [5, 5.41) is 3.26. The summed E-state index contributed by atoms with van der Waals surface area (Å²) >= 11 is 2.25. The van der Waals surface area contributed by atoms with Gasteiger partial charge in [0.2, 0.25) is 0 Å². The van der Waals surface area contributed by atoms with Crippen molar-refractivity contribution in [2.24, 2.45) is 0 Å². The van der Waals surface area contributed by atoms with Crippen molar-refractivity contribution in [2.45, 2.75) is 32.9 Å².